The predicted octanol–water partition coefficient (Wildman–Crippen LogP) is 4.51. The molecule has 2 heterocycles. The number of ether oxygens (including phenoxy) is 1. The van der Waals surface area contributed by atoms with Crippen molar-refractivity contribution < 1.29 is 4.74 Å². The molecule has 0 spiro atoms. The zero-order chi connectivity index (χ0) is 20.5. The van der Waals surface area contributed by atoms with Gasteiger partial charge in [0.25, 0.3) is 5.95 Å². The Bertz CT molecular complexity index is 1410. The van der Waals surface area contributed by atoms with Gasteiger partial charge in [-0.3, -0.25) is 0 Å². The van der Waals surface area contributed by atoms with Crippen molar-refractivity contribution in [3.05, 3.63) is 66.2 Å². The first-order chi connectivity index (χ1) is 14.8. The van der Waals surface area contributed by atoms with Gasteiger partial charge in [0, 0.05) is 18.0 Å². The highest BCUT2D eigenvalue weighted by Crippen LogP contribution is 2.27. The summed E-state index contributed by atoms with van der Waals surface area (Å²) < 4.78 is 7.80. The summed E-state index contributed by atoms with van der Waals surface area (Å²) in [6.45, 7) is 2.55. The molecule has 0 amide bonds. The Labute approximate surface area is 173 Å². The molecule has 0 aliphatic carbocycles. The predicted molar refractivity (Wildman–Crippen MR) is 120 cm³/mol. The first-order valence-corrected chi connectivity index (χ1v) is 9.77. The minimum atomic E-state index is 0.336. The molecule has 7 heteroatoms. The van der Waals surface area contributed by atoms with Crippen molar-refractivity contribution >= 4 is 45.0 Å². The van der Waals surface area contributed by atoms with Gasteiger partial charge in [-0.2, -0.15) is 10.1 Å². The number of nitrogens with zero attached hydrogens (tertiary/aromatic N) is 5. The van der Waals surface area contributed by atoms with E-state index in [1.54, 1.807) is 6.21 Å². The van der Waals surface area contributed by atoms with E-state index in [1.807, 2.05) is 67.1 Å². The van der Waals surface area contributed by atoms with Gasteiger partial charge >= 0.3 is 0 Å². The van der Waals surface area contributed by atoms with Crippen LogP contribution in [0.3, 0.4) is 0 Å². The van der Waals surface area contributed by atoms with E-state index in [1.165, 1.54) is 0 Å². The molecule has 0 saturated carbocycles. The Hall–Kier alpha value is -4.00. The van der Waals surface area contributed by atoms with E-state index < -0.39 is 0 Å². The summed E-state index contributed by atoms with van der Waals surface area (Å²) in [5, 5.41) is 16.1. The van der Waals surface area contributed by atoms with Crippen molar-refractivity contribution in [1.29, 1.82) is 0 Å². The molecule has 0 saturated heterocycles. The van der Waals surface area contributed by atoms with Gasteiger partial charge in [-0.25, -0.2) is 5.43 Å². The number of para-hydroxylation sites is 1. The Morgan fingerprint density at radius 2 is 1.80 bits per heavy atom. The van der Waals surface area contributed by atoms with Crippen molar-refractivity contribution in [1.82, 2.24) is 19.7 Å². The molecule has 0 unspecified atom stereocenters. The van der Waals surface area contributed by atoms with E-state index in [4.69, 9.17) is 4.74 Å². The number of aromatic nitrogens is 4. The summed E-state index contributed by atoms with van der Waals surface area (Å²) in [6.07, 6.45) is 1.74. The molecule has 2 aromatic heterocycles. The quantitative estimate of drug-likeness (QED) is 0.349. The number of nitrogens with one attached hydrogen (secondary N) is 1. The molecule has 0 radical (unpaired) electrons. The Morgan fingerprint density at radius 1 is 1.00 bits per heavy atom. The Balaban J connectivity index is 1.50. The molecule has 148 valence electrons. The van der Waals surface area contributed by atoms with Gasteiger partial charge in [-0.15, -0.1) is 10.2 Å². The molecule has 0 atom stereocenters. The lowest BCUT2D eigenvalue weighted by Gasteiger charge is -2.10. The molecular formula is C23H20N6O. The molecule has 5 aromatic rings. The fourth-order valence-electron chi connectivity index (χ4n) is 3.70. The maximum Gasteiger partial charge on any atom is 0.265 e. The standard InChI is InChI=1S/C23H20N6O/c1-3-30-20-13-12-15-8-4-5-9-16(15)18(20)14-24-27-23-25-22-21(26-28-23)17-10-6-7-11-19(17)29(22)2/h4-14H,3H2,1-2H3,(H,25,27,28)/b24-14+. The van der Waals surface area contributed by atoms with Crippen LogP contribution in [-0.2, 0) is 7.05 Å². The molecule has 30 heavy (non-hydrogen) atoms. The van der Waals surface area contributed by atoms with Crippen LogP contribution in [0.4, 0.5) is 5.95 Å². The maximum atomic E-state index is 5.79. The lowest BCUT2D eigenvalue weighted by atomic mass is 10.0. The summed E-state index contributed by atoms with van der Waals surface area (Å²) in [5.74, 6) is 1.12. The van der Waals surface area contributed by atoms with Gasteiger partial charge in [0.1, 0.15) is 11.3 Å². The van der Waals surface area contributed by atoms with E-state index in [0.717, 1.165) is 44.2 Å². The third-order valence-electron chi connectivity index (χ3n) is 5.10. The number of aryl methyl sites for hydroxylation is 1. The Kier molecular flexibility index (Phi) is 4.48. The van der Waals surface area contributed by atoms with Crippen LogP contribution in [0.2, 0.25) is 0 Å². The summed E-state index contributed by atoms with van der Waals surface area (Å²) in [6, 6.07) is 20.2. The van der Waals surface area contributed by atoms with Gasteiger partial charge in [0.2, 0.25) is 0 Å². The van der Waals surface area contributed by atoms with E-state index >= 15 is 0 Å². The highest BCUT2D eigenvalue weighted by molar-refractivity contribution is 6.04. The van der Waals surface area contributed by atoms with Crippen molar-refractivity contribution in [3.63, 3.8) is 0 Å². The molecule has 1 N–H and O–H groups in total. The van der Waals surface area contributed by atoms with Gasteiger partial charge in [-0.1, -0.05) is 48.5 Å². The molecule has 7 nitrogen and oxygen atoms in total. The monoisotopic (exact) mass is 396 g/mol. The van der Waals surface area contributed by atoms with Gasteiger partial charge < -0.3 is 9.30 Å². The normalized spacial score (nSPS) is 11.7. The lowest BCUT2D eigenvalue weighted by molar-refractivity contribution is 0.340. The second-order valence-electron chi connectivity index (χ2n) is 6.89. The van der Waals surface area contributed by atoms with Gasteiger partial charge in [-0.05, 0) is 29.8 Å². The van der Waals surface area contributed by atoms with E-state index in [0.29, 0.717) is 12.6 Å². The van der Waals surface area contributed by atoms with Crippen LogP contribution in [0.5, 0.6) is 5.75 Å². The van der Waals surface area contributed by atoms with Crippen molar-refractivity contribution in [2.45, 2.75) is 6.92 Å². The summed E-state index contributed by atoms with van der Waals surface area (Å²) in [7, 11) is 1.97. The second-order valence-corrected chi connectivity index (χ2v) is 6.89. The molecule has 0 bridgehead atoms. The molecular weight excluding hydrogens is 376 g/mol. The number of anilines is 1. The highest BCUT2D eigenvalue weighted by atomic mass is 16.5. The Morgan fingerprint density at radius 3 is 2.67 bits per heavy atom. The van der Waals surface area contributed by atoms with E-state index in [9.17, 15) is 0 Å². The fraction of sp³-hybridized carbons (Fsp3) is 0.130. The largest absolute Gasteiger partial charge is 0.493 e. The number of hydrazone groups is 1. The number of rotatable bonds is 5. The van der Waals surface area contributed by atoms with Crippen molar-refractivity contribution in [2.75, 3.05) is 12.0 Å². The first kappa shape index (κ1) is 18.1. The molecule has 3 aromatic carbocycles. The van der Waals surface area contributed by atoms with Gasteiger partial charge in [0.05, 0.1) is 18.3 Å². The SMILES string of the molecule is CCOc1ccc2ccccc2c1/C=N/Nc1nnc2c3ccccc3n(C)c2n1. The second kappa shape index (κ2) is 7.44. The average Bonchev–Trinajstić information content (AvgIpc) is 3.07. The minimum absolute atomic E-state index is 0.336. The number of fused-ring (bicyclic) bond motifs is 4. The zero-order valence-electron chi connectivity index (χ0n) is 16.7. The van der Waals surface area contributed by atoms with E-state index in [2.05, 4.69) is 37.8 Å². The third kappa shape index (κ3) is 3.00. The zero-order valence-corrected chi connectivity index (χ0v) is 16.7. The average molecular weight is 396 g/mol. The lowest BCUT2D eigenvalue weighted by Crippen LogP contribution is -2.02. The molecule has 5 rings (SSSR count). The van der Waals surface area contributed by atoms with Gasteiger partial charge in [0.15, 0.2) is 5.65 Å². The third-order valence-corrected chi connectivity index (χ3v) is 5.10. The maximum absolute atomic E-state index is 5.79. The molecule has 0 fully saturated rings. The van der Waals surface area contributed by atoms with Crippen LogP contribution in [-0.4, -0.2) is 32.6 Å². The van der Waals surface area contributed by atoms with Crippen LogP contribution in [0.1, 0.15) is 12.5 Å². The number of hydrogen-bond donors (Lipinski definition) is 1. The van der Waals surface area contributed by atoms with Crippen molar-refractivity contribution in [2.24, 2.45) is 12.1 Å². The summed E-state index contributed by atoms with van der Waals surface area (Å²) >= 11 is 0. The first-order valence-electron chi connectivity index (χ1n) is 9.77. The van der Waals surface area contributed by atoms with Crippen LogP contribution in [0, 0.1) is 0 Å². The van der Waals surface area contributed by atoms with Crippen LogP contribution >= 0.6 is 0 Å². The van der Waals surface area contributed by atoms with Crippen LogP contribution in [0.15, 0.2) is 65.8 Å². The van der Waals surface area contributed by atoms with E-state index in [-0.39, 0.29) is 0 Å². The van der Waals surface area contributed by atoms with Crippen LogP contribution < -0.4 is 10.2 Å². The molecule has 0 aliphatic heterocycles. The minimum Gasteiger partial charge on any atom is -0.493 e. The number of benzene rings is 3. The topological polar surface area (TPSA) is 77.2 Å². The summed E-state index contributed by atoms with van der Waals surface area (Å²) in [5.41, 5.74) is 6.40. The summed E-state index contributed by atoms with van der Waals surface area (Å²) in [4.78, 5) is 4.60. The number of hydrogen-bond acceptors (Lipinski definition) is 6. The van der Waals surface area contributed by atoms with Crippen molar-refractivity contribution in [3.8, 4) is 5.75 Å². The highest BCUT2D eigenvalue weighted by Gasteiger charge is 2.12. The smallest absolute Gasteiger partial charge is 0.265 e. The fourth-order valence-corrected chi connectivity index (χ4v) is 3.70. The molecule has 0 aliphatic rings. The van der Waals surface area contributed by atoms with Crippen LogP contribution in [0.25, 0.3) is 32.8 Å².